The number of ether oxygens (including phenoxy) is 2. The van der Waals surface area contributed by atoms with Gasteiger partial charge in [-0.15, -0.1) is 0 Å². The molecule has 1 amide bonds. The molecule has 1 aliphatic carbocycles. The van der Waals surface area contributed by atoms with Crippen LogP contribution in [0.2, 0.25) is 5.02 Å². The fraction of sp³-hybridized carbons (Fsp3) is 0.448. The van der Waals surface area contributed by atoms with Gasteiger partial charge in [-0.05, 0) is 73.8 Å². The number of rotatable bonds is 11. The molecule has 2 aliphatic rings. The number of amides is 1. The van der Waals surface area contributed by atoms with Gasteiger partial charge in [0.15, 0.2) is 5.78 Å². The lowest BCUT2D eigenvalue weighted by Gasteiger charge is -2.33. The van der Waals surface area contributed by atoms with E-state index in [4.69, 9.17) is 21.1 Å². The van der Waals surface area contributed by atoms with Crippen LogP contribution in [0, 0.1) is 11.7 Å². The number of fused-ring (bicyclic) bond motifs is 1. The Balaban J connectivity index is 1.17. The van der Waals surface area contributed by atoms with Crippen LogP contribution >= 0.6 is 23.1 Å². The summed E-state index contributed by atoms with van der Waals surface area (Å²) in [5.41, 5.74) is 0.397. The van der Waals surface area contributed by atoms with Crippen LogP contribution in [0.25, 0.3) is 10.1 Å². The van der Waals surface area contributed by atoms with Crippen molar-refractivity contribution in [1.82, 2.24) is 9.27 Å². The Hall–Kier alpha value is -2.96. The standard InChI is InChI=1S/C29H31ClFN3O6S/c30-22-14-18(23(31)15-24(22)32-27(36)26-21-5-1-2-6-25(21)41-33-26)13-19(35)16-39-29(34-11-3-4-12-34)40-20-9-7-17(8-10-20)28(37)38/h1-2,5-6,14-15,17,20,29H,3-4,7-13,16H2,(H,32,36)(H,37,38)/t17-,20-,29?. The number of benzene rings is 2. The van der Waals surface area contributed by atoms with Crippen molar-refractivity contribution < 1.29 is 33.4 Å². The summed E-state index contributed by atoms with van der Waals surface area (Å²) >= 11 is 7.55. The van der Waals surface area contributed by atoms with E-state index in [-0.39, 0.29) is 52.8 Å². The number of hydrogen-bond acceptors (Lipinski definition) is 8. The van der Waals surface area contributed by atoms with Crippen LogP contribution in [0.4, 0.5) is 10.1 Å². The molecule has 2 N–H and O–H groups in total. The third-order valence-electron chi connectivity index (χ3n) is 7.52. The van der Waals surface area contributed by atoms with Crippen LogP contribution < -0.4 is 5.32 Å². The molecule has 1 saturated heterocycles. The molecule has 9 nitrogen and oxygen atoms in total. The number of nitrogens with zero attached hydrogens (tertiary/aromatic N) is 2. The number of carbonyl (C=O) groups excluding carboxylic acids is 2. The zero-order valence-electron chi connectivity index (χ0n) is 22.3. The molecule has 1 aromatic heterocycles. The van der Waals surface area contributed by atoms with Crippen molar-refractivity contribution in [3.05, 3.63) is 58.5 Å². The van der Waals surface area contributed by atoms with Gasteiger partial charge in [0.1, 0.15) is 18.1 Å². The minimum atomic E-state index is -0.780. The predicted molar refractivity (Wildman–Crippen MR) is 153 cm³/mol. The minimum absolute atomic E-state index is 0.0822. The number of carbonyl (C=O) groups is 3. The molecular weight excluding hydrogens is 573 g/mol. The summed E-state index contributed by atoms with van der Waals surface area (Å²) in [7, 11) is 0. The highest BCUT2D eigenvalue weighted by Crippen LogP contribution is 2.30. The van der Waals surface area contributed by atoms with Crippen molar-refractivity contribution in [2.75, 3.05) is 25.0 Å². The average molecular weight is 604 g/mol. The molecule has 1 unspecified atom stereocenters. The molecule has 0 radical (unpaired) electrons. The number of carboxylic acid groups (broad SMARTS) is 1. The number of anilines is 1. The Labute approximate surface area is 245 Å². The molecule has 0 spiro atoms. The average Bonchev–Trinajstić information content (AvgIpc) is 3.65. The van der Waals surface area contributed by atoms with Gasteiger partial charge in [0.05, 0.1) is 27.4 Å². The molecule has 2 aromatic carbocycles. The van der Waals surface area contributed by atoms with Gasteiger partial charge in [-0.25, -0.2) is 4.39 Å². The van der Waals surface area contributed by atoms with Crippen molar-refractivity contribution in [2.45, 2.75) is 57.5 Å². The second-order valence-electron chi connectivity index (χ2n) is 10.4. The Morgan fingerprint density at radius 2 is 1.88 bits per heavy atom. The molecule has 2 fully saturated rings. The molecule has 1 saturated carbocycles. The van der Waals surface area contributed by atoms with Gasteiger partial charge in [-0.1, -0.05) is 29.8 Å². The molecule has 1 atom stereocenters. The maximum atomic E-state index is 15.0. The fourth-order valence-corrected chi connectivity index (χ4v) is 6.28. The zero-order chi connectivity index (χ0) is 28.9. The first-order chi connectivity index (χ1) is 19.8. The van der Waals surface area contributed by atoms with Gasteiger partial charge in [0.2, 0.25) is 6.41 Å². The maximum Gasteiger partial charge on any atom is 0.306 e. The van der Waals surface area contributed by atoms with E-state index >= 15 is 0 Å². The summed E-state index contributed by atoms with van der Waals surface area (Å²) in [6.07, 6.45) is 3.20. The molecular formula is C29H31ClFN3O6S. The molecule has 41 heavy (non-hydrogen) atoms. The lowest BCUT2D eigenvalue weighted by atomic mass is 9.87. The fourth-order valence-electron chi connectivity index (χ4n) is 5.27. The maximum absolute atomic E-state index is 15.0. The van der Waals surface area contributed by atoms with Crippen LogP contribution in [0.3, 0.4) is 0 Å². The quantitative estimate of drug-likeness (QED) is 0.276. The van der Waals surface area contributed by atoms with Crippen molar-refractivity contribution in [3.63, 3.8) is 0 Å². The Morgan fingerprint density at radius 3 is 2.61 bits per heavy atom. The SMILES string of the molecule is O=C(COC(O[C@H]1CC[C@H](C(=O)O)CC1)N1CCCC1)Cc1cc(Cl)c(NC(=O)c2nsc3ccccc23)cc1F. The van der Waals surface area contributed by atoms with Crippen LogP contribution in [0.1, 0.15) is 54.6 Å². The Kier molecular flexibility index (Phi) is 9.61. The number of aliphatic carboxylic acids is 1. The topological polar surface area (TPSA) is 118 Å². The summed E-state index contributed by atoms with van der Waals surface area (Å²) in [6, 6.07) is 9.74. The second kappa shape index (κ2) is 13.3. The predicted octanol–water partition coefficient (Wildman–Crippen LogP) is 5.51. The first kappa shape index (κ1) is 29.5. The summed E-state index contributed by atoms with van der Waals surface area (Å²) in [6.45, 7) is 1.27. The Morgan fingerprint density at radius 1 is 1.15 bits per heavy atom. The minimum Gasteiger partial charge on any atom is -0.481 e. The number of Topliss-reactive ketones (excluding diaryl/α,β-unsaturated/α-hetero) is 1. The smallest absolute Gasteiger partial charge is 0.306 e. The van der Waals surface area contributed by atoms with E-state index in [1.165, 1.54) is 17.6 Å². The third-order valence-corrected chi connectivity index (χ3v) is 8.66. The lowest BCUT2D eigenvalue weighted by molar-refractivity contribution is -0.243. The van der Waals surface area contributed by atoms with Crippen LogP contribution in [0.15, 0.2) is 36.4 Å². The van der Waals surface area contributed by atoms with Crippen LogP contribution in [-0.2, 0) is 25.5 Å². The largest absolute Gasteiger partial charge is 0.481 e. The van der Waals surface area contributed by atoms with E-state index in [9.17, 15) is 23.9 Å². The van der Waals surface area contributed by atoms with Gasteiger partial charge < -0.3 is 19.9 Å². The first-order valence-electron chi connectivity index (χ1n) is 13.7. The number of likely N-dealkylation sites (tertiary alicyclic amines) is 1. The van der Waals surface area contributed by atoms with Gasteiger partial charge in [0.25, 0.3) is 5.91 Å². The monoisotopic (exact) mass is 603 g/mol. The zero-order valence-corrected chi connectivity index (χ0v) is 23.9. The summed E-state index contributed by atoms with van der Waals surface area (Å²) < 4.78 is 32.1. The summed E-state index contributed by atoms with van der Waals surface area (Å²) in [4.78, 5) is 38.9. The van der Waals surface area contributed by atoms with E-state index in [1.807, 2.05) is 23.1 Å². The molecule has 0 bridgehead atoms. The van der Waals surface area contributed by atoms with Gasteiger partial charge in [-0.3, -0.25) is 19.3 Å². The van der Waals surface area contributed by atoms with E-state index < -0.39 is 24.1 Å². The molecule has 3 aromatic rings. The van der Waals surface area contributed by atoms with Gasteiger partial charge in [-0.2, -0.15) is 4.37 Å². The van der Waals surface area contributed by atoms with Crippen LogP contribution in [-0.4, -0.2) is 64.3 Å². The number of hydrogen-bond donors (Lipinski definition) is 2. The Bertz CT molecular complexity index is 1420. The van der Waals surface area contributed by atoms with Gasteiger partial charge in [0, 0.05) is 24.9 Å². The number of carboxylic acids is 1. The highest BCUT2D eigenvalue weighted by atomic mass is 35.5. The van der Waals surface area contributed by atoms with Crippen LogP contribution in [0.5, 0.6) is 0 Å². The number of ketones is 1. The highest BCUT2D eigenvalue weighted by molar-refractivity contribution is 7.13. The highest BCUT2D eigenvalue weighted by Gasteiger charge is 2.31. The van der Waals surface area contributed by atoms with Crippen molar-refractivity contribution >= 4 is 56.6 Å². The van der Waals surface area contributed by atoms with E-state index in [1.54, 1.807) is 6.07 Å². The molecule has 1 aliphatic heterocycles. The normalized spacial score (nSPS) is 20.2. The van der Waals surface area contributed by atoms with E-state index in [0.29, 0.717) is 31.1 Å². The number of halogens is 2. The summed E-state index contributed by atoms with van der Waals surface area (Å²) in [5, 5.41) is 12.6. The van der Waals surface area contributed by atoms with E-state index in [2.05, 4.69) is 9.69 Å². The van der Waals surface area contributed by atoms with Crippen molar-refractivity contribution in [3.8, 4) is 0 Å². The first-order valence-corrected chi connectivity index (χ1v) is 14.8. The number of aromatic nitrogens is 1. The third kappa shape index (κ3) is 7.28. The van der Waals surface area contributed by atoms with E-state index in [0.717, 1.165) is 36.7 Å². The van der Waals surface area contributed by atoms with Crippen molar-refractivity contribution in [2.24, 2.45) is 5.92 Å². The molecule has 5 rings (SSSR count). The van der Waals surface area contributed by atoms with Crippen molar-refractivity contribution in [1.29, 1.82) is 0 Å². The lowest BCUT2D eigenvalue weighted by Crippen LogP contribution is -2.42. The molecule has 12 heteroatoms. The number of nitrogens with one attached hydrogen (secondary N) is 1. The molecule has 218 valence electrons. The second-order valence-corrected chi connectivity index (χ2v) is 11.6. The van der Waals surface area contributed by atoms with Gasteiger partial charge >= 0.3 is 5.97 Å². The summed E-state index contributed by atoms with van der Waals surface area (Å²) in [5.74, 6) is -2.67. The molecule has 2 heterocycles.